The molecule has 0 saturated carbocycles. The van der Waals surface area contributed by atoms with Crippen molar-refractivity contribution in [3.05, 3.63) is 78.1 Å². The quantitative estimate of drug-likeness (QED) is 0.534. The molecule has 1 aromatic carbocycles. The number of anilines is 1. The Kier molecular flexibility index (Phi) is 6.24. The molecular formula is C20H15F3N6O2. The third kappa shape index (κ3) is 5.85. The van der Waals surface area contributed by atoms with E-state index < -0.39 is 17.8 Å². The van der Waals surface area contributed by atoms with Crippen LogP contribution < -0.4 is 11.1 Å². The molecule has 2 heterocycles. The number of carbonyl (C=O) groups excluding carboxylic acids is 1. The van der Waals surface area contributed by atoms with Crippen LogP contribution in [0.5, 0.6) is 5.75 Å². The molecule has 0 aliphatic heterocycles. The number of aliphatic imine (C=N–C) groups is 1. The summed E-state index contributed by atoms with van der Waals surface area (Å²) in [7, 11) is 0. The van der Waals surface area contributed by atoms with Crippen molar-refractivity contribution in [3.63, 3.8) is 0 Å². The van der Waals surface area contributed by atoms with Gasteiger partial charge in [0.2, 0.25) is 0 Å². The molecule has 0 spiro atoms. The third-order valence-electron chi connectivity index (χ3n) is 3.81. The molecule has 0 fully saturated rings. The number of nitrogens with zero attached hydrogens (tertiary/aromatic N) is 4. The number of aromatic nitrogens is 3. The zero-order chi connectivity index (χ0) is 22.4. The predicted molar refractivity (Wildman–Crippen MR) is 108 cm³/mol. The Morgan fingerprint density at radius 1 is 1.10 bits per heavy atom. The topological polar surface area (TPSA) is 126 Å². The molecule has 0 atom stereocenters. The number of nitrogens with two attached hydrogens (primary N) is 1. The number of hydrogen-bond donors (Lipinski definition) is 3. The van der Waals surface area contributed by atoms with Crippen molar-refractivity contribution in [1.82, 2.24) is 15.2 Å². The van der Waals surface area contributed by atoms with Crippen molar-refractivity contribution in [2.24, 2.45) is 10.7 Å². The molecule has 0 aliphatic carbocycles. The lowest BCUT2D eigenvalue weighted by atomic mass is 10.2. The van der Waals surface area contributed by atoms with Crippen LogP contribution in [0.1, 0.15) is 15.9 Å². The molecule has 4 N–H and O–H groups in total. The number of rotatable bonds is 5. The van der Waals surface area contributed by atoms with Gasteiger partial charge in [-0.1, -0.05) is 6.07 Å². The van der Waals surface area contributed by atoms with E-state index in [1.165, 1.54) is 54.9 Å². The number of allylic oxidation sites excluding steroid dienone is 1. The van der Waals surface area contributed by atoms with Crippen LogP contribution in [-0.4, -0.2) is 38.1 Å². The Balaban J connectivity index is 1.81. The third-order valence-corrected chi connectivity index (χ3v) is 3.81. The first-order chi connectivity index (χ1) is 14.7. The van der Waals surface area contributed by atoms with Crippen molar-refractivity contribution in [1.29, 1.82) is 0 Å². The van der Waals surface area contributed by atoms with Crippen LogP contribution in [0.3, 0.4) is 0 Å². The van der Waals surface area contributed by atoms with Crippen molar-refractivity contribution in [2.75, 3.05) is 5.32 Å². The summed E-state index contributed by atoms with van der Waals surface area (Å²) in [6.45, 7) is 0. The van der Waals surface area contributed by atoms with E-state index in [-0.39, 0.29) is 28.6 Å². The normalized spacial score (nSPS) is 12.5. The molecule has 2 aromatic heterocycles. The summed E-state index contributed by atoms with van der Waals surface area (Å²) in [6, 6.07) is 11.0. The summed E-state index contributed by atoms with van der Waals surface area (Å²) >= 11 is 0. The first-order valence-electron chi connectivity index (χ1n) is 8.70. The molecule has 31 heavy (non-hydrogen) atoms. The largest absolute Gasteiger partial charge is 0.508 e. The van der Waals surface area contributed by atoms with Crippen LogP contribution in [0.4, 0.5) is 24.8 Å². The van der Waals surface area contributed by atoms with Gasteiger partial charge in [0.05, 0.1) is 0 Å². The van der Waals surface area contributed by atoms with Gasteiger partial charge in [-0.05, 0) is 48.5 Å². The number of halogens is 3. The highest BCUT2D eigenvalue weighted by molar-refractivity contribution is 6.05. The van der Waals surface area contributed by atoms with E-state index in [9.17, 15) is 23.1 Å². The second-order valence-corrected chi connectivity index (χ2v) is 6.12. The van der Waals surface area contributed by atoms with Crippen LogP contribution in [0.2, 0.25) is 0 Å². The molecule has 0 radical (unpaired) electrons. The highest BCUT2D eigenvalue weighted by Crippen LogP contribution is 2.23. The number of nitrogens with one attached hydrogen (secondary N) is 1. The van der Waals surface area contributed by atoms with E-state index in [2.05, 4.69) is 25.5 Å². The van der Waals surface area contributed by atoms with E-state index in [4.69, 9.17) is 5.73 Å². The maximum atomic E-state index is 13.4. The van der Waals surface area contributed by atoms with Crippen molar-refractivity contribution < 1.29 is 23.1 Å². The van der Waals surface area contributed by atoms with Gasteiger partial charge < -0.3 is 16.2 Å². The lowest BCUT2D eigenvalue weighted by molar-refractivity contribution is -0.0576. The number of hydrogen-bond acceptors (Lipinski definition) is 7. The van der Waals surface area contributed by atoms with Crippen LogP contribution in [0, 0.1) is 0 Å². The van der Waals surface area contributed by atoms with E-state index in [1.54, 1.807) is 0 Å². The lowest BCUT2D eigenvalue weighted by Gasteiger charge is -2.08. The van der Waals surface area contributed by atoms with Gasteiger partial charge in [-0.3, -0.25) is 9.78 Å². The molecule has 158 valence electrons. The summed E-state index contributed by atoms with van der Waals surface area (Å²) in [5.41, 5.74) is 4.75. The lowest BCUT2D eigenvalue weighted by Crippen LogP contribution is -2.22. The summed E-state index contributed by atoms with van der Waals surface area (Å²) in [5.74, 6) is -1.02. The van der Waals surface area contributed by atoms with Crippen molar-refractivity contribution in [3.8, 4) is 5.75 Å². The Hall–Kier alpha value is -4.28. The number of aromatic hydroxyl groups is 1. The van der Waals surface area contributed by atoms with Gasteiger partial charge in [-0.25, -0.2) is 4.99 Å². The number of pyridine rings is 1. The van der Waals surface area contributed by atoms with Gasteiger partial charge in [-0.15, -0.1) is 10.2 Å². The minimum absolute atomic E-state index is 0.00809. The average Bonchev–Trinajstić information content (AvgIpc) is 2.74. The van der Waals surface area contributed by atoms with E-state index in [0.29, 0.717) is 11.6 Å². The van der Waals surface area contributed by atoms with Crippen molar-refractivity contribution in [2.45, 2.75) is 6.18 Å². The molecule has 1 amide bonds. The maximum absolute atomic E-state index is 13.4. The molecule has 11 heteroatoms. The van der Waals surface area contributed by atoms with Crippen LogP contribution in [0.25, 0.3) is 5.70 Å². The fraction of sp³-hybridized carbons (Fsp3) is 0.0500. The summed E-state index contributed by atoms with van der Waals surface area (Å²) in [4.78, 5) is 19.4. The molecule has 0 aliphatic rings. The van der Waals surface area contributed by atoms with E-state index >= 15 is 0 Å². The van der Waals surface area contributed by atoms with Gasteiger partial charge in [0, 0.05) is 29.2 Å². The second-order valence-electron chi connectivity index (χ2n) is 6.12. The van der Waals surface area contributed by atoms with Gasteiger partial charge in [0.25, 0.3) is 5.91 Å². The SMILES string of the molecule is NC(=CC(=Nc1ccc(NC(=O)c2cccc(O)c2)nn1)C(F)(F)F)c1cccnc1. The fourth-order valence-corrected chi connectivity index (χ4v) is 2.35. The highest BCUT2D eigenvalue weighted by Gasteiger charge is 2.34. The fourth-order valence-electron chi connectivity index (χ4n) is 2.35. The molecule has 0 saturated heterocycles. The minimum atomic E-state index is -4.79. The second kappa shape index (κ2) is 9.03. The highest BCUT2D eigenvalue weighted by atomic mass is 19.4. The van der Waals surface area contributed by atoms with Crippen molar-refractivity contribution >= 4 is 29.0 Å². The number of carbonyl (C=O) groups is 1. The zero-order valence-corrected chi connectivity index (χ0v) is 15.7. The zero-order valence-electron chi connectivity index (χ0n) is 15.7. The smallest absolute Gasteiger partial charge is 0.433 e. The van der Waals surface area contributed by atoms with E-state index in [1.807, 2.05) is 0 Å². The molecule has 0 bridgehead atoms. The van der Waals surface area contributed by atoms with Crippen LogP contribution in [0.15, 0.2) is 72.0 Å². The van der Waals surface area contributed by atoms with Gasteiger partial charge in [-0.2, -0.15) is 13.2 Å². The minimum Gasteiger partial charge on any atom is -0.508 e. The summed E-state index contributed by atoms with van der Waals surface area (Å²) in [5, 5.41) is 19.1. The first kappa shape index (κ1) is 21.4. The van der Waals surface area contributed by atoms with Gasteiger partial charge >= 0.3 is 6.18 Å². The van der Waals surface area contributed by atoms with Gasteiger partial charge in [0.15, 0.2) is 11.6 Å². The standard InChI is InChI=1S/C20H15F3N6O2/c21-20(22,23)16(10-15(24)13-4-2-8-25-11-13)26-17-6-7-18(29-28-17)27-19(31)12-3-1-5-14(30)9-12/h1-11,30H,24H2,(H,27,29,31). The van der Waals surface area contributed by atoms with E-state index in [0.717, 1.165) is 6.07 Å². The number of amides is 1. The Bertz CT molecular complexity index is 1130. The Labute approximate surface area is 174 Å². The molecular weight excluding hydrogens is 413 g/mol. The molecule has 3 rings (SSSR count). The average molecular weight is 428 g/mol. The molecule has 8 nitrogen and oxygen atoms in total. The van der Waals surface area contributed by atoms with Crippen LogP contribution in [-0.2, 0) is 0 Å². The Morgan fingerprint density at radius 3 is 2.48 bits per heavy atom. The summed E-state index contributed by atoms with van der Waals surface area (Å²) in [6.07, 6.45) is -1.33. The monoisotopic (exact) mass is 428 g/mol. The number of benzene rings is 1. The predicted octanol–water partition coefficient (Wildman–Crippen LogP) is 3.46. The van der Waals surface area contributed by atoms with Crippen LogP contribution >= 0.6 is 0 Å². The number of phenolic OH excluding ortho intramolecular Hbond substituents is 1. The summed E-state index contributed by atoms with van der Waals surface area (Å²) < 4.78 is 40.1. The molecule has 3 aromatic rings. The number of phenols is 1. The van der Waals surface area contributed by atoms with Gasteiger partial charge in [0.1, 0.15) is 11.5 Å². The first-order valence-corrected chi connectivity index (χ1v) is 8.70. The Morgan fingerprint density at radius 2 is 1.87 bits per heavy atom. The number of alkyl halides is 3. The molecule has 0 unspecified atom stereocenters. The maximum Gasteiger partial charge on any atom is 0.433 e.